The number of hydrogen-bond donors (Lipinski definition) is 0. The molecule has 0 bridgehead atoms. The lowest BCUT2D eigenvalue weighted by atomic mass is 9.90. The second-order valence-corrected chi connectivity index (χ2v) is 12.2. The highest BCUT2D eigenvalue weighted by atomic mass is 79.9. The lowest BCUT2D eigenvalue weighted by Crippen LogP contribution is -2.33. The number of carbonyl (C=O) groups is 1. The third-order valence-corrected chi connectivity index (χ3v) is 9.43. The molecule has 1 saturated heterocycles. The summed E-state index contributed by atoms with van der Waals surface area (Å²) in [5.41, 5.74) is 7.88. The number of benzene rings is 3. The van der Waals surface area contributed by atoms with Crippen LogP contribution in [0.5, 0.6) is 0 Å². The molecule has 0 saturated carbocycles. The Bertz CT molecular complexity index is 1240. The number of Topliss-reactive ketones (excluding diaryl/α,β-unsaturated/α-hetero) is 1. The molecule has 0 atom stereocenters. The largest absolute Gasteiger partial charge is 0.299 e. The van der Waals surface area contributed by atoms with Crippen LogP contribution in [0.3, 0.4) is 0 Å². The first-order valence-electron chi connectivity index (χ1n) is 14.4. The van der Waals surface area contributed by atoms with Crippen molar-refractivity contribution >= 4 is 46.5 Å². The predicted octanol–water partition coefficient (Wildman–Crippen LogP) is 8.47. The monoisotopic (exact) mass is 644 g/mol. The molecule has 5 rings (SSSR count). The fourth-order valence-corrected chi connectivity index (χ4v) is 6.54. The van der Waals surface area contributed by atoms with E-state index < -0.39 is 0 Å². The zero-order valence-electron chi connectivity index (χ0n) is 23.6. The summed E-state index contributed by atoms with van der Waals surface area (Å²) in [6.45, 7) is 8.69. The number of hydrogen-bond acceptors (Lipinski definition) is 3. The van der Waals surface area contributed by atoms with Crippen LogP contribution in [-0.2, 0) is 25.9 Å². The molecule has 2 aliphatic rings. The Balaban J connectivity index is 0.00000220. The highest BCUT2D eigenvalue weighted by Gasteiger charge is 2.21. The first kappa shape index (κ1) is 32.8. The lowest BCUT2D eigenvalue weighted by Gasteiger charge is -2.32. The van der Waals surface area contributed by atoms with Gasteiger partial charge < -0.3 is 0 Å². The maximum atomic E-state index is 13.1. The first-order valence-corrected chi connectivity index (χ1v) is 15.2. The SMILES string of the molecule is Cc1ccccc1CN1CCC(CCCC(=O)c2ccc3c(c2)CCN(Cc2ccccc2Br)CC3)CC1.Cl.Cl. The quantitative estimate of drug-likeness (QED) is 0.218. The molecule has 3 nitrogen and oxygen atoms in total. The van der Waals surface area contributed by atoms with Gasteiger partial charge in [-0.15, -0.1) is 24.8 Å². The van der Waals surface area contributed by atoms with Crippen molar-refractivity contribution in [3.05, 3.63) is 105 Å². The molecule has 3 aromatic carbocycles. The van der Waals surface area contributed by atoms with Crippen molar-refractivity contribution in [1.82, 2.24) is 9.80 Å². The van der Waals surface area contributed by atoms with Crippen molar-refractivity contribution in [2.45, 2.75) is 65.0 Å². The molecule has 0 spiro atoms. The maximum absolute atomic E-state index is 13.1. The maximum Gasteiger partial charge on any atom is 0.162 e. The van der Waals surface area contributed by atoms with E-state index >= 15 is 0 Å². The van der Waals surface area contributed by atoms with E-state index in [4.69, 9.17) is 0 Å². The van der Waals surface area contributed by atoms with E-state index in [0.717, 1.165) is 56.9 Å². The number of halogens is 3. The Morgan fingerprint density at radius 1 is 0.800 bits per heavy atom. The van der Waals surface area contributed by atoms with Gasteiger partial charge in [-0.25, -0.2) is 0 Å². The lowest BCUT2D eigenvalue weighted by molar-refractivity contribution is 0.0974. The Morgan fingerprint density at radius 3 is 2.15 bits per heavy atom. The van der Waals surface area contributed by atoms with Crippen LogP contribution in [0.15, 0.2) is 71.2 Å². The second-order valence-electron chi connectivity index (χ2n) is 11.3. The van der Waals surface area contributed by atoms with Gasteiger partial charge in [-0.1, -0.05) is 70.5 Å². The van der Waals surface area contributed by atoms with Gasteiger partial charge in [0, 0.05) is 42.6 Å². The third-order valence-electron chi connectivity index (χ3n) is 8.65. The molecule has 0 aromatic heterocycles. The van der Waals surface area contributed by atoms with Gasteiger partial charge >= 0.3 is 0 Å². The molecule has 0 amide bonds. The summed E-state index contributed by atoms with van der Waals surface area (Å²) in [5.74, 6) is 1.08. The van der Waals surface area contributed by atoms with Crippen molar-refractivity contribution < 1.29 is 4.79 Å². The molecule has 40 heavy (non-hydrogen) atoms. The number of ketones is 1. The van der Waals surface area contributed by atoms with Crippen molar-refractivity contribution in [3.63, 3.8) is 0 Å². The minimum Gasteiger partial charge on any atom is -0.299 e. The molecule has 2 heterocycles. The number of aryl methyl sites for hydroxylation is 1. The molecule has 0 N–H and O–H groups in total. The topological polar surface area (TPSA) is 23.6 Å². The van der Waals surface area contributed by atoms with E-state index in [1.54, 1.807) is 0 Å². The Hall–Kier alpha value is -1.69. The van der Waals surface area contributed by atoms with Crippen molar-refractivity contribution in [2.75, 3.05) is 26.2 Å². The second kappa shape index (κ2) is 16.1. The van der Waals surface area contributed by atoms with Gasteiger partial charge in [-0.3, -0.25) is 14.6 Å². The summed E-state index contributed by atoms with van der Waals surface area (Å²) in [5, 5.41) is 0. The van der Waals surface area contributed by atoms with Crippen LogP contribution in [0.25, 0.3) is 0 Å². The summed E-state index contributed by atoms with van der Waals surface area (Å²) in [7, 11) is 0. The molecule has 216 valence electrons. The van der Waals surface area contributed by atoms with E-state index in [0.29, 0.717) is 12.2 Å². The summed E-state index contributed by atoms with van der Waals surface area (Å²) < 4.78 is 1.18. The van der Waals surface area contributed by atoms with E-state index in [-0.39, 0.29) is 24.8 Å². The van der Waals surface area contributed by atoms with Gasteiger partial charge in [0.2, 0.25) is 0 Å². The van der Waals surface area contributed by atoms with E-state index in [1.807, 2.05) is 0 Å². The van der Waals surface area contributed by atoms with Crippen LogP contribution >= 0.6 is 40.7 Å². The molecule has 0 unspecified atom stereocenters. The third kappa shape index (κ3) is 8.90. The fourth-order valence-electron chi connectivity index (χ4n) is 6.13. The summed E-state index contributed by atoms with van der Waals surface area (Å²) in [6, 6.07) is 23.7. The van der Waals surface area contributed by atoms with Crippen LogP contribution in [0, 0.1) is 12.8 Å². The van der Waals surface area contributed by atoms with Crippen LogP contribution in [0.1, 0.15) is 70.3 Å². The number of piperidine rings is 1. The van der Waals surface area contributed by atoms with E-state index in [2.05, 4.69) is 99.4 Å². The molecule has 0 aliphatic carbocycles. The minimum atomic E-state index is 0. The van der Waals surface area contributed by atoms with Gasteiger partial charge in [0.05, 0.1) is 0 Å². The molecular formula is C34H43BrCl2N2O. The van der Waals surface area contributed by atoms with Gasteiger partial charge in [0.25, 0.3) is 0 Å². The van der Waals surface area contributed by atoms with E-state index in [1.165, 1.54) is 64.6 Å². The zero-order valence-corrected chi connectivity index (χ0v) is 26.8. The molecule has 1 fully saturated rings. The predicted molar refractivity (Wildman–Crippen MR) is 175 cm³/mol. The van der Waals surface area contributed by atoms with Crippen LogP contribution in [-0.4, -0.2) is 41.8 Å². The average Bonchev–Trinajstić information content (AvgIpc) is 3.14. The van der Waals surface area contributed by atoms with Gasteiger partial charge in [0.1, 0.15) is 0 Å². The minimum absolute atomic E-state index is 0. The Kier molecular flexibility index (Phi) is 13.2. The van der Waals surface area contributed by atoms with Crippen molar-refractivity contribution in [2.24, 2.45) is 5.92 Å². The molecular weight excluding hydrogens is 603 g/mol. The van der Waals surface area contributed by atoms with Gasteiger partial charge in [0.15, 0.2) is 5.78 Å². The molecule has 2 aliphatic heterocycles. The zero-order chi connectivity index (χ0) is 26.3. The normalized spacial score (nSPS) is 16.4. The smallest absolute Gasteiger partial charge is 0.162 e. The van der Waals surface area contributed by atoms with E-state index in [9.17, 15) is 4.79 Å². The highest BCUT2D eigenvalue weighted by Crippen LogP contribution is 2.26. The number of rotatable bonds is 9. The number of likely N-dealkylation sites (tertiary alicyclic amines) is 1. The number of fused-ring (bicyclic) bond motifs is 1. The molecule has 0 radical (unpaired) electrons. The standard InChI is InChI=1S/C34H41BrN2O.2ClH/c1-26-7-2-3-9-31(26)24-36-19-15-27(16-20-36)8-6-12-34(38)30-14-13-28-17-21-37(22-18-29(28)23-30)25-32-10-4-5-11-33(32)35;;/h2-5,7,9-11,13-14,23,27H,6,8,12,15-22,24-25H2,1H3;2*1H. The first-order chi connectivity index (χ1) is 18.5. The number of carbonyl (C=O) groups excluding carboxylic acids is 1. The Morgan fingerprint density at radius 2 is 1.43 bits per heavy atom. The van der Waals surface area contributed by atoms with Gasteiger partial charge in [-0.05, 0) is 104 Å². The summed E-state index contributed by atoms with van der Waals surface area (Å²) in [6.07, 6.45) is 7.45. The molecule has 6 heteroatoms. The van der Waals surface area contributed by atoms with Crippen molar-refractivity contribution in [3.8, 4) is 0 Å². The van der Waals surface area contributed by atoms with Crippen LogP contribution < -0.4 is 0 Å². The van der Waals surface area contributed by atoms with Crippen LogP contribution in [0.2, 0.25) is 0 Å². The Labute approximate surface area is 261 Å². The van der Waals surface area contributed by atoms with Gasteiger partial charge in [-0.2, -0.15) is 0 Å². The van der Waals surface area contributed by atoms with Crippen LogP contribution in [0.4, 0.5) is 0 Å². The highest BCUT2D eigenvalue weighted by molar-refractivity contribution is 9.10. The summed E-state index contributed by atoms with van der Waals surface area (Å²) in [4.78, 5) is 18.2. The fraction of sp³-hybridized carbons (Fsp3) is 0.441. The average molecular weight is 647 g/mol. The number of nitrogens with zero attached hydrogens (tertiary/aromatic N) is 2. The van der Waals surface area contributed by atoms with Crippen molar-refractivity contribution in [1.29, 1.82) is 0 Å². The molecule has 3 aromatic rings. The summed E-state index contributed by atoms with van der Waals surface area (Å²) >= 11 is 3.69.